The summed E-state index contributed by atoms with van der Waals surface area (Å²) in [4.78, 5) is 30.9. The second-order valence-electron chi connectivity index (χ2n) is 9.23. The first-order valence-corrected chi connectivity index (χ1v) is 13.3. The molecule has 2 fully saturated rings. The zero-order chi connectivity index (χ0) is 27.6. The number of hydrogen-bond donors (Lipinski definition) is 1. The number of nitrogens with one attached hydrogen (secondary N) is 1. The summed E-state index contributed by atoms with van der Waals surface area (Å²) in [6, 6.07) is 9.29. The summed E-state index contributed by atoms with van der Waals surface area (Å²) in [5.41, 5.74) is 0.743. The van der Waals surface area contributed by atoms with Crippen LogP contribution in [0.5, 0.6) is 5.75 Å². The number of thioether (sulfide) groups is 1. The number of fused-ring (bicyclic) bond motifs is 1. The number of hydrogen-bond acceptors (Lipinski definition) is 6. The van der Waals surface area contributed by atoms with Crippen molar-refractivity contribution in [3.63, 3.8) is 0 Å². The predicted molar refractivity (Wildman–Crippen MR) is 143 cm³/mol. The highest BCUT2D eigenvalue weighted by Gasteiger charge is 2.34. The Morgan fingerprint density at radius 2 is 2.05 bits per heavy atom. The second kappa shape index (κ2) is 11.1. The predicted octanol–water partition coefficient (Wildman–Crippen LogP) is 4.68. The number of nitrogens with zero attached hydrogens (tertiary/aromatic N) is 4. The van der Waals surface area contributed by atoms with Crippen molar-refractivity contribution < 1.29 is 27.5 Å². The average molecular weight is 558 g/mol. The van der Waals surface area contributed by atoms with Crippen molar-refractivity contribution in [2.45, 2.75) is 32.0 Å². The van der Waals surface area contributed by atoms with Crippen LogP contribution in [0.3, 0.4) is 0 Å². The molecule has 0 saturated carbocycles. The fourth-order valence-corrected chi connectivity index (χ4v) is 5.45. The van der Waals surface area contributed by atoms with Crippen LogP contribution in [0.4, 0.5) is 13.2 Å². The molecule has 2 aromatic carbocycles. The maximum atomic E-state index is 13.6. The van der Waals surface area contributed by atoms with E-state index < -0.39 is 11.7 Å². The minimum absolute atomic E-state index is 0.0627. The molecule has 0 atom stereocenters. The number of carbonyl (C=O) groups is 2. The van der Waals surface area contributed by atoms with Gasteiger partial charge in [0.25, 0.3) is 5.91 Å². The highest BCUT2D eigenvalue weighted by Crippen LogP contribution is 2.35. The van der Waals surface area contributed by atoms with Gasteiger partial charge in [0.15, 0.2) is 5.17 Å². The maximum absolute atomic E-state index is 13.6. The van der Waals surface area contributed by atoms with Gasteiger partial charge in [0.05, 0.1) is 35.8 Å². The molecule has 2 saturated heterocycles. The molecule has 0 aliphatic carbocycles. The van der Waals surface area contributed by atoms with Gasteiger partial charge in [-0.1, -0.05) is 12.1 Å². The van der Waals surface area contributed by atoms with Gasteiger partial charge in [0.1, 0.15) is 5.75 Å². The number of amides is 2. The number of methoxy groups -OCH3 is 1. The van der Waals surface area contributed by atoms with Crippen LogP contribution in [0.2, 0.25) is 0 Å². The molecule has 12 heteroatoms. The number of amidine groups is 1. The molecule has 1 aromatic heterocycles. The second-order valence-corrected chi connectivity index (χ2v) is 10.3. The smallest absolute Gasteiger partial charge is 0.416 e. The van der Waals surface area contributed by atoms with Crippen LogP contribution in [0, 0.1) is 0 Å². The van der Waals surface area contributed by atoms with Crippen molar-refractivity contribution in [2.24, 2.45) is 4.99 Å². The van der Waals surface area contributed by atoms with E-state index in [9.17, 15) is 22.8 Å². The molecule has 3 heterocycles. The van der Waals surface area contributed by atoms with Crippen LogP contribution in [-0.2, 0) is 22.3 Å². The Labute approximate surface area is 226 Å². The summed E-state index contributed by atoms with van der Waals surface area (Å²) in [5.74, 6) is 0.0730. The summed E-state index contributed by atoms with van der Waals surface area (Å²) < 4.78 is 47.4. The average Bonchev–Trinajstić information content (AvgIpc) is 3.60. The molecule has 0 bridgehead atoms. The Balaban J connectivity index is 1.27. The molecule has 1 N–H and O–H groups in total. The third-order valence-corrected chi connectivity index (χ3v) is 7.52. The summed E-state index contributed by atoms with van der Waals surface area (Å²) in [6.45, 7) is 1.91. The van der Waals surface area contributed by atoms with E-state index in [4.69, 9.17) is 4.74 Å². The summed E-state index contributed by atoms with van der Waals surface area (Å²) >= 11 is 1.25. The molecule has 2 amide bonds. The molecule has 39 heavy (non-hydrogen) atoms. The normalized spacial score (nSPS) is 18.1. The van der Waals surface area contributed by atoms with E-state index in [0.717, 1.165) is 36.4 Å². The van der Waals surface area contributed by atoms with E-state index >= 15 is 0 Å². The lowest BCUT2D eigenvalue weighted by Crippen LogP contribution is -2.26. The summed E-state index contributed by atoms with van der Waals surface area (Å²) in [5, 5.41) is 8.32. The lowest BCUT2D eigenvalue weighted by Gasteiger charge is -2.14. The fourth-order valence-electron chi connectivity index (χ4n) is 4.60. The van der Waals surface area contributed by atoms with Gasteiger partial charge < -0.3 is 15.0 Å². The van der Waals surface area contributed by atoms with E-state index in [0.29, 0.717) is 35.1 Å². The third-order valence-electron chi connectivity index (χ3n) is 6.57. The summed E-state index contributed by atoms with van der Waals surface area (Å²) in [7, 11) is 1.32. The molecule has 3 aromatic rings. The van der Waals surface area contributed by atoms with Gasteiger partial charge in [-0.15, -0.1) is 0 Å². The van der Waals surface area contributed by atoms with Crippen molar-refractivity contribution in [1.82, 2.24) is 20.0 Å². The molecular weight excluding hydrogens is 531 g/mol. The fraction of sp³-hybridized carbons (Fsp3) is 0.333. The highest BCUT2D eigenvalue weighted by molar-refractivity contribution is 8.18. The zero-order valence-corrected chi connectivity index (χ0v) is 21.9. The number of aliphatic imine (C=N–C) groups is 1. The van der Waals surface area contributed by atoms with E-state index in [2.05, 4.69) is 15.4 Å². The zero-order valence-electron chi connectivity index (χ0n) is 21.1. The van der Waals surface area contributed by atoms with Gasteiger partial charge in [-0.05, 0) is 66.1 Å². The number of halogens is 3. The van der Waals surface area contributed by atoms with Gasteiger partial charge in [-0.25, -0.2) is 0 Å². The topological polar surface area (TPSA) is 88.8 Å². The van der Waals surface area contributed by atoms with Crippen LogP contribution >= 0.6 is 11.8 Å². The van der Waals surface area contributed by atoms with Gasteiger partial charge in [0.2, 0.25) is 5.91 Å². The number of benzene rings is 2. The van der Waals surface area contributed by atoms with Gasteiger partial charge in [0, 0.05) is 31.4 Å². The molecule has 204 valence electrons. The Kier molecular flexibility index (Phi) is 7.65. The van der Waals surface area contributed by atoms with Gasteiger partial charge in [-0.3, -0.25) is 19.3 Å². The Morgan fingerprint density at radius 3 is 2.79 bits per heavy atom. The Bertz CT molecular complexity index is 1480. The molecule has 5 rings (SSSR count). The van der Waals surface area contributed by atoms with Crippen molar-refractivity contribution in [2.75, 3.05) is 26.7 Å². The molecule has 0 unspecified atom stereocenters. The van der Waals surface area contributed by atoms with Crippen LogP contribution in [0.1, 0.15) is 36.0 Å². The molecule has 0 spiro atoms. The van der Waals surface area contributed by atoms with E-state index in [-0.39, 0.29) is 29.7 Å². The van der Waals surface area contributed by atoms with E-state index in [1.54, 1.807) is 24.4 Å². The minimum Gasteiger partial charge on any atom is -0.497 e. The standard InChI is InChI=1S/C27H26F3N5O3S/c1-38-20-7-6-18(21(14-20)27(28,29)30)16-35-22-8-5-17(12-19(22)15-32-35)13-23-25(37)33-26(39-23)31-9-3-11-34-10-2-4-24(34)36/h5-8,12-15H,2-4,9-11,16H2,1H3,(H,31,33,37)/b23-13-. The molecule has 2 aliphatic rings. The van der Waals surface area contributed by atoms with Crippen LogP contribution in [0.15, 0.2) is 52.5 Å². The lowest BCUT2D eigenvalue weighted by molar-refractivity contribution is -0.138. The minimum atomic E-state index is -4.53. The van der Waals surface area contributed by atoms with Crippen molar-refractivity contribution in [1.29, 1.82) is 0 Å². The Morgan fingerprint density at radius 1 is 1.21 bits per heavy atom. The number of alkyl halides is 3. The Hall–Kier alpha value is -3.80. The van der Waals surface area contributed by atoms with Crippen LogP contribution in [0.25, 0.3) is 17.0 Å². The largest absolute Gasteiger partial charge is 0.497 e. The van der Waals surface area contributed by atoms with E-state index in [1.807, 2.05) is 11.0 Å². The lowest BCUT2D eigenvalue weighted by atomic mass is 10.1. The first kappa shape index (κ1) is 26.8. The first-order valence-electron chi connectivity index (χ1n) is 12.4. The highest BCUT2D eigenvalue weighted by atomic mass is 32.2. The van der Waals surface area contributed by atoms with Crippen molar-refractivity contribution in [3.8, 4) is 5.75 Å². The van der Waals surface area contributed by atoms with Crippen LogP contribution < -0.4 is 10.1 Å². The maximum Gasteiger partial charge on any atom is 0.416 e. The van der Waals surface area contributed by atoms with E-state index in [1.165, 1.54) is 35.7 Å². The number of likely N-dealkylation sites (tertiary alicyclic amines) is 1. The third kappa shape index (κ3) is 6.11. The number of carbonyl (C=O) groups excluding carboxylic acids is 2. The molecule has 8 nitrogen and oxygen atoms in total. The number of aromatic nitrogens is 2. The molecule has 2 aliphatic heterocycles. The van der Waals surface area contributed by atoms with Crippen molar-refractivity contribution >= 4 is 45.7 Å². The van der Waals surface area contributed by atoms with Crippen molar-refractivity contribution in [3.05, 3.63) is 64.2 Å². The monoisotopic (exact) mass is 557 g/mol. The van der Waals surface area contributed by atoms with Gasteiger partial charge in [-0.2, -0.15) is 18.3 Å². The van der Waals surface area contributed by atoms with Crippen LogP contribution in [-0.4, -0.2) is 58.4 Å². The number of rotatable bonds is 8. The number of ether oxygens (including phenoxy) is 1. The summed E-state index contributed by atoms with van der Waals surface area (Å²) in [6.07, 6.45) is 1.05. The molecule has 0 radical (unpaired) electrons. The molecular formula is C27H26F3N5O3S. The quantitative estimate of drug-likeness (QED) is 0.321. The first-order chi connectivity index (χ1) is 18.7. The SMILES string of the molecule is COc1ccc(Cn2ncc3cc(/C=C4\SC(=NCCCN5CCCC5=O)NC4=O)ccc32)c(C(F)(F)F)c1. The van der Waals surface area contributed by atoms with Gasteiger partial charge >= 0.3 is 6.18 Å².